The van der Waals surface area contributed by atoms with E-state index < -0.39 is 0 Å². The van der Waals surface area contributed by atoms with E-state index in [2.05, 4.69) is 67.7 Å². The molecule has 0 aliphatic carbocycles. The van der Waals surface area contributed by atoms with Gasteiger partial charge in [-0.05, 0) is 21.5 Å². The summed E-state index contributed by atoms with van der Waals surface area (Å²) in [4.78, 5) is 0. The Labute approximate surface area is 125 Å². The molecule has 3 rings (SSSR count). The van der Waals surface area contributed by atoms with Gasteiger partial charge in [-0.2, -0.15) is 0 Å². The lowest BCUT2D eigenvalue weighted by Crippen LogP contribution is -1.90. The second-order valence-corrected chi connectivity index (χ2v) is 4.84. The van der Waals surface area contributed by atoms with Crippen molar-refractivity contribution in [3.63, 3.8) is 0 Å². The quantitative estimate of drug-likeness (QED) is 0.337. The predicted molar refractivity (Wildman–Crippen MR) is 86.7 cm³/mol. The van der Waals surface area contributed by atoms with Crippen LogP contribution in [0.2, 0.25) is 0 Å². The number of rotatable bonds is 0. The number of benzene rings is 3. The molecule has 0 aliphatic heterocycles. The number of hydrogen-bond acceptors (Lipinski definition) is 0. The predicted octanol–water partition coefficient (Wildman–Crippen LogP) is 2.95. The van der Waals surface area contributed by atoms with Gasteiger partial charge in [-0.25, -0.2) is 0 Å². The lowest BCUT2D eigenvalue weighted by Gasteiger charge is -2.10. The van der Waals surface area contributed by atoms with Crippen LogP contribution in [-0.4, -0.2) is 20.5 Å². The highest BCUT2D eigenvalue weighted by Crippen LogP contribution is 2.31. The SMILES string of the molecule is [Si]C#Cc1c2ccccc2c(C#C[Si])c2ccccc12. The summed E-state index contributed by atoms with van der Waals surface area (Å²) in [6.07, 6.45) is 0. The first-order valence-corrected chi connectivity index (χ1v) is 7.15. The van der Waals surface area contributed by atoms with Crippen molar-refractivity contribution in [3.05, 3.63) is 59.7 Å². The Morgan fingerprint density at radius 3 is 1.10 bits per heavy atom. The van der Waals surface area contributed by atoms with Gasteiger partial charge in [0.25, 0.3) is 0 Å². The van der Waals surface area contributed by atoms with Gasteiger partial charge < -0.3 is 0 Å². The zero-order valence-corrected chi connectivity index (χ0v) is 12.6. The van der Waals surface area contributed by atoms with Crippen LogP contribution in [0, 0.1) is 22.9 Å². The minimum atomic E-state index is 1.03. The van der Waals surface area contributed by atoms with E-state index in [4.69, 9.17) is 0 Å². The van der Waals surface area contributed by atoms with Crippen molar-refractivity contribution < 1.29 is 0 Å². The molecular formula is C18H8Si2. The van der Waals surface area contributed by atoms with E-state index in [0.717, 1.165) is 32.7 Å². The second kappa shape index (κ2) is 5.39. The molecule has 6 radical (unpaired) electrons. The summed E-state index contributed by atoms with van der Waals surface area (Å²) in [7, 11) is 6.52. The molecule has 0 spiro atoms. The molecule has 0 N–H and O–H groups in total. The molecule has 0 amide bonds. The van der Waals surface area contributed by atoms with Crippen LogP contribution in [0.3, 0.4) is 0 Å². The van der Waals surface area contributed by atoms with Crippen LogP contribution in [0.4, 0.5) is 0 Å². The van der Waals surface area contributed by atoms with E-state index in [1.165, 1.54) is 0 Å². The van der Waals surface area contributed by atoms with Gasteiger partial charge in [0.15, 0.2) is 0 Å². The Morgan fingerprint density at radius 2 is 0.850 bits per heavy atom. The standard InChI is InChI=1S/C18H8Si2/c19-11-9-17-13-5-1-2-6-14(13)18(10-12-20)16-8-4-3-7-15(16)17/h1-8H. The molecule has 20 heavy (non-hydrogen) atoms. The summed E-state index contributed by atoms with van der Waals surface area (Å²) < 4.78 is 0. The average Bonchev–Trinajstić information content (AvgIpc) is 2.50. The number of hydrogen-bond donors (Lipinski definition) is 0. The molecule has 88 valence electrons. The summed E-state index contributed by atoms with van der Waals surface area (Å²) in [6.45, 7) is 0. The topological polar surface area (TPSA) is 0 Å². The highest BCUT2D eigenvalue weighted by atomic mass is 28.1. The van der Waals surface area contributed by atoms with Gasteiger partial charge in [0.1, 0.15) is 20.5 Å². The molecule has 0 aromatic heterocycles. The molecule has 0 aliphatic rings. The largest absolute Gasteiger partial charge is 0.147 e. The van der Waals surface area contributed by atoms with Gasteiger partial charge in [0, 0.05) is 11.1 Å². The van der Waals surface area contributed by atoms with Gasteiger partial charge >= 0.3 is 0 Å². The summed E-state index contributed by atoms with van der Waals surface area (Å²) in [5.41, 5.74) is 7.73. The van der Waals surface area contributed by atoms with Crippen LogP contribution in [0.5, 0.6) is 0 Å². The molecule has 0 heterocycles. The van der Waals surface area contributed by atoms with Gasteiger partial charge in [-0.3, -0.25) is 0 Å². The molecule has 0 fully saturated rings. The fraction of sp³-hybridized carbons (Fsp3) is 0. The lowest BCUT2D eigenvalue weighted by atomic mass is 9.92. The molecule has 2 heteroatoms. The summed E-state index contributed by atoms with van der Waals surface area (Å²) in [6, 6.07) is 16.5. The van der Waals surface area contributed by atoms with Crippen LogP contribution < -0.4 is 0 Å². The van der Waals surface area contributed by atoms with E-state index in [1.807, 2.05) is 24.3 Å². The molecule has 0 unspecified atom stereocenters. The van der Waals surface area contributed by atoms with Crippen molar-refractivity contribution in [1.29, 1.82) is 0 Å². The van der Waals surface area contributed by atoms with E-state index in [1.54, 1.807) is 0 Å². The highest BCUT2D eigenvalue weighted by Gasteiger charge is 2.10. The first-order chi connectivity index (χ1) is 9.86. The maximum Gasteiger partial charge on any atom is 0.147 e. The van der Waals surface area contributed by atoms with E-state index in [9.17, 15) is 0 Å². The summed E-state index contributed by atoms with van der Waals surface area (Å²) >= 11 is 0. The molecule has 3 aromatic carbocycles. The molecule has 0 atom stereocenters. The van der Waals surface area contributed by atoms with Gasteiger partial charge in [0.2, 0.25) is 0 Å². The fourth-order valence-corrected chi connectivity index (χ4v) is 2.77. The van der Waals surface area contributed by atoms with Crippen molar-refractivity contribution in [2.75, 3.05) is 0 Å². The minimum Gasteiger partial charge on any atom is -0.133 e. The average molecular weight is 280 g/mol. The minimum absolute atomic E-state index is 1.03. The van der Waals surface area contributed by atoms with Crippen molar-refractivity contribution in [2.45, 2.75) is 0 Å². The Kier molecular flexibility index (Phi) is 3.43. The van der Waals surface area contributed by atoms with Crippen LogP contribution in [0.1, 0.15) is 11.1 Å². The third kappa shape index (κ3) is 1.96. The Balaban J connectivity index is 2.66. The smallest absolute Gasteiger partial charge is 0.133 e. The van der Waals surface area contributed by atoms with Crippen LogP contribution >= 0.6 is 0 Å². The van der Waals surface area contributed by atoms with Gasteiger partial charge in [0.05, 0.1) is 0 Å². The Bertz CT molecular complexity index is 797. The maximum atomic E-state index is 3.26. The first-order valence-electron chi connectivity index (χ1n) is 6.15. The van der Waals surface area contributed by atoms with Crippen molar-refractivity contribution in [1.82, 2.24) is 0 Å². The molecule has 0 bridgehead atoms. The molecular weight excluding hydrogens is 272 g/mol. The van der Waals surface area contributed by atoms with Crippen LogP contribution in [0.25, 0.3) is 21.5 Å². The third-order valence-electron chi connectivity index (χ3n) is 3.31. The Morgan fingerprint density at radius 1 is 0.550 bits per heavy atom. The second-order valence-electron chi connectivity index (χ2n) is 4.34. The van der Waals surface area contributed by atoms with Gasteiger partial charge in [-0.1, -0.05) is 60.4 Å². The van der Waals surface area contributed by atoms with Crippen LogP contribution in [0.15, 0.2) is 48.5 Å². The van der Waals surface area contributed by atoms with E-state index in [-0.39, 0.29) is 0 Å². The summed E-state index contributed by atoms with van der Waals surface area (Å²) in [5.74, 6) is 6.33. The zero-order chi connectivity index (χ0) is 13.9. The monoisotopic (exact) mass is 280 g/mol. The highest BCUT2D eigenvalue weighted by molar-refractivity contribution is 6.24. The third-order valence-corrected chi connectivity index (χ3v) is 3.56. The molecule has 0 saturated carbocycles. The van der Waals surface area contributed by atoms with Gasteiger partial charge in [-0.15, -0.1) is 11.1 Å². The van der Waals surface area contributed by atoms with E-state index in [0.29, 0.717) is 0 Å². The zero-order valence-electron chi connectivity index (χ0n) is 10.6. The molecule has 0 saturated heterocycles. The Hall–Kier alpha value is -2.27. The number of fused-ring (bicyclic) bond motifs is 2. The lowest BCUT2D eigenvalue weighted by molar-refractivity contribution is 1.71. The molecule has 0 nitrogen and oxygen atoms in total. The van der Waals surface area contributed by atoms with Crippen LogP contribution in [-0.2, 0) is 0 Å². The van der Waals surface area contributed by atoms with E-state index >= 15 is 0 Å². The van der Waals surface area contributed by atoms with Crippen molar-refractivity contribution in [2.24, 2.45) is 0 Å². The first kappa shape index (κ1) is 12.8. The van der Waals surface area contributed by atoms with Crippen molar-refractivity contribution >= 4 is 42.0 Å². The summed E-state index contributed by atoms with van der Waals surface area (Å²) in [5, 5.41) is 4.51. The normalized spacial score (nSPS) is 9.70. The maximum absolute atomic E-state index is 3.26. The van der Waals surface area contributed by atoms with Crippen molar-refractivity contribution in [3.8, 4) is 22.9 Å². The molecule has 3 aromatic rings. The fourth-order valence-electron chi connectivity index (χ4n) is 2.52.